The summed E-state index contributed by atoms with van der Waals surface area (Å²) in [6.45, 7) is 3.45. The molecule has 1 fully saturated rings. The first-order chi connectivity index (χ1) is 8.74. The van der Waals surface area contributed by atoms with Crippen LogP contribution < -0.4 is 5.32 Å². The van der Waals surface area contributed by atoms with Gasteiger partial charge in [-0.1, -0.05) is 5.16 Å². The average molecular weight is 254 g/mol. The Balaban J connectivity index is 1.72. The predicted octanol–water partition coefficient (Wildman–Crippen LogP) is -0.0442. The number of nitrogens with zero attached hydrogens (tertiary/aromatic N) is 3. The zero-order valence-electron chi connectivity index (χ0n) is 10.2. The first-order valence-corrected chi connectivity index (χ1v) is 6.14. The molecular weight excluding hydrogens is 236 g/mol. The van der Waals surface area contributed by atoms with E-state index >= 15 is 0 Å². The minimum Gasteiger partial charge on any atom is -0.480 e. The lowest BCUT2D eigenvalue weighted by Crippen LogP contribution is -2.40. The zero-order valence-corrected chi connectivity index (χ0v) is 10.2. The molecule has 1 aliphatic rings. The van der Waals surface area contributed by atoms with E-state index in [0.29, 0.717) is 18.3 Å². The summed E-state index contributed by atoms with van der Waals surface area (Å²) in [5.41, 5.74) is 0. The molecule has 7 nitrogen and oxygen atoms in total. The molecule has 1 aromatic rings. The van der Waals surface area contributed by atoms with Gasteiger partial charge in [0.25, 0.3) is 0 Å². The highest BCUT2D eigenvalue weighted by Crippen LogP contribution is 2.16. The summed E-state index contributed by atoms with van der Waals surface area (Å²) >= 11 is 0. The lowest BCUT2D eigenvalue weighted by Gasteiger charge is -2.31. The number of nitrogens with one attached hydrogen (secondary N) is 1. The van der Waals surface area contributed by atoms with Crippen molar-refractivity contribution in [2.45, 2.75) is 19.4 Å². The van der Waals surface area contributed by atoms with Crippen molar-refractivity contribution in [3.63, 3.8) is 0 Å². The zero-order chi connectivity index (χ0) is 12.8. The highest BCUT2D eigenvalue weighted by molar-refractivity contribution is 5.68. The molecule has 0 spiro atoms. The number of carboxylic acid groups (broad SMARTS) is 1. The number of aromatic nitrogens is 2. The van der Waals surface area contributed by atoms with Crippen molar-refractivity contribution >= 4 is 5.97 Å². The van der Waals surface area contributed by atoms with Gasteiger partial charge in [0, 0.05) is 6.54 Å². The van der Waals surface area contributed by atoms with Gasteiger partial charge in [0.2, 0.25) is 6.39 Å². The normalized spacial score (nSPS) is 21.0. The Hall–Kier alpha value is -1.47. The van der Waals surface area contributed by atoms with Crippen molar-refractivity contribution in [1.82, 2.24) is 20.4 Å². The summed E-state index contributed by atoms with van der Waals surface area (Å²) in [5, 5.41) is 15.3. The van der Waals surface area contributed by atoms with E-state index < -0.39 is 5.97 Å². The third kappa shape index (κ3) is 4.08. The van der Waals surface area contributed by atoms with Crippen LogP contribution in [0.3, 0.4) is 0 Å². The largest absolute Gasteiger partial charge is 0.480 e. The molecule has 1 saturated heterocycles. The van der Waals surface area contributed by atoms with Crippen LogP contribution in [-0.4, -0.2) is 52.3 Å². The molecule has 2 heterocycles. The van der Waals surface area contributed by atoms with Crippen LogP contribution >= 0.6 is 0 Å². The summed E-state index contributed by atoms with van der Waals surface area (Å²) in [5.74, 6) is 0.383. The molecule has 1 atom stereocenters. The van der Waals surface area contributed by atoms with Crippen molar-refractivity contribution in [1.29, 1.82) is 0 Å². The maximum absolute atomic E-state index is 10.4. The number of rotatable bonds is 6. The van der Waals surface area contributed by atoms with E-state index in [9.17, 15) is 4.79 Å². The Morgan fingerprint density at radius 2 is 2.56 bits per heavy atom. The number of piperidine rings is 1. The maximum Gasteiger partial charge on any atom is 0.317 e. The van der Waals surface area contributed by atoms with E-state index in [1.54, 1.807) is 0 Å². The predicted molar refractivity (Wildman–Crippen MR) is 62.8 cm³/mol. The van der Waals surface area contributed by atoms with Crippen molar-refractivity contribution in [3.05, 3.63) is 12.2 Å². The molecule has 7 heteroatoms. The van der Waals surface area contributed by atoms with E-state index in [2.05, 4.69) is 20.4 Å². The van der Waals surface area contributed by atoms with Gasteiger partial charge in [0.05, 0.1) is 13.1 Å². The van der Waals surface area contributed by atoms with Gasteiger partial charge in [-0.25, -0.2) is 0 Å². The summed E-state index contributed by atoms with van der Waals surface area (Å²) < 4.78 is 4.71. The van der Waals surface area contributed by atoms with Gasteiger partial charge in [-0.2, -0.15) is 4.98 Å². The van der Waals surface area contributed by atoms with Crippen LogP contribution in [-0.2, 0) is 11.3 Å². The van der Waals surface area contributed by atoms with E-state index in [4.69, 9.17) is 9.63 Å². The second-order valence-corrected chi connectivity index (χ2v) is 4.62. The molecule has 0 saturated carbocycles. The molecule has 2 rings (SSSR count). The Morgan fingerprint density at radius 3 is 3.28 bits per heavy atom. The molecule has 0 radical (unpaired) electrons. The van der Waals surface area contributed by atoms with Crippen LogP contribution in [0.15, 0.2) is 10.9 Å². The lowest BCUT2D eigenvalue weighted by atomic mass is 9.98. The van der Waals surface area contributed by atoms with Crippen LogP contribution in [0, 0.1) is 5.92 Å². The number of carboxylic acids is 1. The fourth-order valence-electron chi connectivity index (χ4n) is 2.31. The fraction of sp³-hybridized carbons (Fsp3) is 0.727. The molecule has 1 unspecified atom stereocenters. The minimum absolute atomic E-state index is 0.0291. The monoisotopic (exact) mass is 254 g/mol. The standard InChI is InChI=1S/C11H18N4O3/c16-11(17)5-12-4-9-2-1-3-15(6-9)7-10-13-8-18-14-10/h8-9,12H,1-7H2,(H,16,17). The molecule has 1 aromatic heterocycles. The molecule has 100 valence electrons. The van der Waals surface area contributed by atoms with Gasteiger partial charge < -0.3 is 14.9 Å². The van der Waals surface area contributed by atoms with E-state index in [-0.39, 0.29) is 6.54 Å². The average Bonchev–Trinajstić information content (AvgIpc) is 2.82. The Bertz CT molecular complexity index is 368. The van der Waals surface area contributed by atoms with Gasteiger partial charge in [-0.3, -0.25) is 9.69 Å². The number of carbonyl (C=O) groups is 1. The van der Waals surface area contributed by atoms with Crippen LogP contribution in [0.1, 0.15) is 18.7 Å². The molecule has 18 heavy (non-hydrogen) atoms. The number of aliphatic carboxylic acids is 1. The molecule has 0 bridgehead atoms. The number of hydrogen-bond acceptors (Lipinski definition) is 6. The molecule has 2 N–H and O–H groups in total. The first kappa shape index (κ1) is 13.0. The third-order valence-electron chi connectivity index (χ3n) is 3.08. The minimum atomic E-state index is -0.811. The van der Waals surface area contributed by atoms with E-state index in [0.717, 1.165) is 32.5 Å². The smallest absolute Gasteiger partial charge is 0.317 e. The summed E-state index contributed by atoms with van der Waals surface area (Å²) in [4.78, 5) is 16.7. The number of likely N-dealkylation sites (tertiary alicyclic amines) is 1. The Morgan fingerprint density at radius 1 is 1.67 bits per heavy atom. The third-order valence-corrected chi connectivity index (χ3v) is 3.08. The van der Waals surface area contributed by atoms with Crippen molar-refractivity contribution in [2.75, 3.05) is 26.2 Å². The summed E-state index contributed by atoms with van der Waals surface area (Å²) in [7, 11) is 0. The van der Waals surface area contributed by atoms with Gasteiger partial charge in [-0.05, 0) is 31.8 Å². The van der Waals surface area contributed by atoms with Gasteiger partial charge in [0.15, 0.2) is 5.82 Å². The van der Waals surface area contributed by atoms with Gasteiger partial charge in [0.1, 0.15) is 0 Å². The Labute approximate surface area is 105 Å². The number of hydrogen-bond donors (Lipinski definition) is 2. The molecular formula is C11H18N4O3. The van der Waals surface area contributed by atoms with Crippen LogP contribution in [0.2, 0.25) is 0 Å². The topological polar surface area (TPSA) is 91.5 Å². The van der Waals surface area contributed by atoms with Gasteiger partial charge in [-0.15, -0.1) is 0 Å². The SMILES string of the molecule is O=C(O)CNCC1CCCN(Cc2ncon2)C1. The highest BCUT2D eigenvalue weighted by atomic mass is 16.5. The van der Waals surface area contributed by atoms with Crippen molar-refractivity contribution in [3.8, 4) is 0 Å². The maximum atomic E-state index is 10.4. The molecule has 0 aliphatic carbocycles. The second-order valence-electron chi connectivity index (χ2n) is 4.62. The van der Waals surface area contributed by atoms with Gasteiger partial charge >= 0.3 is 5.97 Å². The Kier molecular flexibility index (Phi) is 4.66. The van der Waals surface area contributed by atoms with E-state index in [1.807, 2.05) is 0 Å². The lowest BCUT2D eigenvalue weighted by molar-refractivity contribution is -0.136. The first-order valence-electron chi connectivity index (χ1n) is 6.14. The van der Waals surface area contributed by atoms with Crippen LogP contribution in [0.4, 0.5) is 0 Å². The second kappa shape index (κ2) is 6.46. The van der Waals surface area contributed by atoms with E-state index in [1.165, 1.54) is 6.39 Å². The molecule has 0 aromatic carbocycles. The highest BCUT2D eigenvalue weighted by Gasteiger charge is 2.20. The molecule has 0 amide bonds. The summed E-state index contributed by atoms with van der Waals surface area (Å²) in [6, 6.07) is 0. The van der Waals surface area contributed by atoms with Crippen molar-refractivity contribution in [2.24, 2.45) is 5.92 Å². The summed E-state index contributed by atoms with van der Waals surface area (Å²) in [6.07, 6.45) is 3.60. The van der Waals surface area contributed by atoms with Crippen LogP contribution in [0.25, 0.3) is 0 Å². The van der Waals surface area contributed by atoms with Crippen LogP contribution in [0.5, 0.6) is 0 Å². The quantitative estimate of drug-likeness (QED) is 0.735. The fourth-order valence-corrected chi connectivity index (χ4v) is 2.31. The van der Waals surface area contributed by atoms with Crippen molar-refractivity contribution < 1.29 is 14.4 Å². The molecule has 1 aliphatic heterocycles.